The van der Waals surface area contributed by atoms with E-state index < -0.39 is 0 Å². The molecular formula is C13H26N2O2. The Hall–Kier alpha value is -0.610. The van der Waals surface area contributed by atoms with Gasteiger partial charge in [-0.3, -0.25) is 4.79 Å². The highest BCUT2D eigenvalue weighted by molar-refractivity contribution is 5.81. The molecule has 1 aliphatic rings. The van der Waals surface area contributed by atoms with Crippen molar-refractivity contribution in [2.75, 3.05) is 20.2 Å². The molecule has 4 heteroatoms. The molecule has 0 aromatic carbocycles. The number of ether oxygens (including phenoxy) is 1. The summed E-state index contributed by atoms with van der Waals surface area (Å²) in [7, 11) is 1.71. The lowest BCUT2D eigenvalue weighted by molar-refractivity contribution is -0.137. The van der Waals surface area contributed by atoms with Gasteiger partial charge in [-0.1, -0.05) is 26.7 Å². The van der Waals surface area contributed by atoms with E-state index in [2.05, 4.69) is 13.8 Å². The van der Waals surface area contributed by atoms with Gasteiger partial charge in [0.1, 0.15) is 0 Å². The number of carbonyl (C=O) groups is 1. The Morgan fingerprint density at radius 3 is 2.88 bits per heavy atom. The average molecular weight is 242 g/mol. The number of likely N-dealkylation sites (tertiary alicyclic amines) is 1. The van der Waals surface area contributed by atoms with Crippen LogP contribution in [0.25, 0.3) is 0 Å². The van der Waals surface area contributed by atoms with Crippen molar-refractivity contribution in [1.29, 1.82) is 0 Å². The molecule has 0 radical (unpaired) electrons. The monoisotopic (exact) mass is 242 g/mol. The lowest BCUT2D eigenvalue weighted by atomic mass is 9.95. The fraction of sp³-hybridized carbons (Fsp3) is 0.923. The van der Waals surface area contributed by atoms with Crippen LogP contribution in [0.1, 0.15) is 39.5 Å². The summed E-state index contributed by atoms with van der Waals surface area (Å²) in [5.41, 5.74) is 5.92. The third-order valence-corrected chi connectivity index (χ3v) is 3.69. The molecule has 0 aromatic heterocycles. The van der Waals surface area contributed by atoms with Gasteiger partial charge in [-0.15, -0.1) is 0 Å². The smallest absolute Gasteiger partial charge is 0.239 e. The number of nitrogens with zero attached hydrogens (tertiary/aromatic N) is 1. The molecule has 2 unspecified atom stereocenters. The van der Waals surface area contributed by atoms with Crippen LogP contribution in [0.2, 0.25) is 0 Å². The Balaban J connectivity index is 2.46. The van der Waals surface area contributed by atoms with Crippen molar-refractivity contribution < 1.29 is 9.53 Å². The highest BCUT2D eigenvalue weighted by Crippen LogP contribution is 2.20. The summed E-state index contributed by atoms with van der Waals surface area (Å²) in [6, 6.07) is -0.333. The van der Waals surface area contributed by atoms with Gasteiger partial charge < -0.3 is 15.4 Å². The first-order valence-electron chi connectivity index (χ1n) is 6.67. The van der Waals surface area contributed by atoms with Gasteiger partial charge >= 0.3 is 0 Å². The summed E-state index contributed by atoms with van der Waals surface area (Å²) < 4.78 is 5.41. The second kappa shape index (κ2) is 6.97. The molecule has 100 valence electrons. The highest BCUT2D eigenvalue weighted by atomic mass is 16.5. The van der Waals surface area contributed by atoms with E-state index in [0.717, 1.165) is 32.2 Å². The van der Waals surface area contributed by atoms with Gasteiger partial charge in [0, 0.05) is 20.2 Å². The quantitative estimate of drug-likeness (QED) is 0.792. The van der Waals surface area contributed by atoms with Crippen LogP contribution in [0, 0.1) is 5.92 Å². The van der Waals surface area contributed by atoms with Gasteiger partial charge in [-0.05, 0) is 18.8 Å². The number of carbonyl (C=O) groups excluding carboxylic acids is 1. The molecule has 0 aromatic rings. The minimum absolute atomic E-state index is 0.0902. The molecule has 0 spiro atoms. The Kier molecular flexibility index (Phi) is 5.92. The lowest BCUT2D eigenvalue weighted by Gasteiger charge is -2.37. The van der Waals surface area contributed by atoms with E-state index in [1.54, 1.807) is 7.11 Å². The van der Waals surface area contributed by atoms with E-state index >= 15 is 0 Å². The standard InChI is InChI=1S/C13H26N2O2/c1-4-5-6-11(14)13(16)15-8-7-10(2)12(9-15)17-3/h10-12H,4-9,14H2,1-3H3/t10?,11-,12?/m0/s1. The summed E-state index contributed by atoms with van der Waals surface area (Å²) in [6.07, 6.45) is 4.05. The van der Waals surface area contributed by atoms with E-state index in [-0.39, 0.29) is 18.1 Å². The van der Waals surface area contributed by atoms with Gasteiger partial charge in [0.15, 0.2) is 0 Å². The topological polar surface area (TPSA) is 55.6 Å². The molecule has 1 aliphatic heterocycles. The number of methoxy groups -OCH3 is 1. The van der Waals surface area contributed by atoms with Gasteiger partial charge in [0.2, 0.25) is 5.91 Å². The Morgan fingerprint density at radius 2 is 2.29 bits per heavy atom. The van der Waals surface area contributed by atoms with Crippen LogP contribution in [0.5, 0.6) is 0 Å². The van der Waals surface area contributed by atoms with Crippen LogP contribution in [0.3, 0.4) is 0 Å². The molecule has 0 aliphatic carbocycles. The van der Waals surface area contributed by atoms with E-state index in [4.69, 9.17) is 10.5 Å². The zero-order valence-corrected chi connectivity index (χ0v) is 11.3. The number of piperidine rings is 1. The number of hydrogen-bond acceptors (Lipinski definition) is 3. The maximum Gasteiger partial charge on any atom is 0.239 e. The minimum Gasteiger partial charge on any atom is -0.379 e. The van der Waals surface area contributed by atoms with Crippen LogP contribution >= 0.6 is 0 Å². The number of nitrogens with two attached hydrogens (primary N) is 1. The van der Waals surface area contributed by atoms with Crippen molar-refractivity contribution in [3.8, 4) is 0 Å². The van der Waals surface area contributed by atoms with E-state index in [9.17, 15) is 4.79 Å². The molecule has 1 saturated heterocycles. The molecule has 1 rings (SSSR count). The van der Waals surface area contributed by atoms with Crippen LogP contribution in [-0.4, -0.2) is 43.2 Å². The van der Waals surface area contributed by atoms with Crippen molar-refractivity contribution in [2.24, 2.45) is 11.7 Å². The molecule has 4 nitrogen and oxygen atoms in total. The fourth-order valence-electron chi connectivity index (χ4n) is 2.32. The minimum atomic E-state index is -0.333. The number of rotatable bonds is 5. The van der Waals surface area contributed by atoms with Crippen LogP contribution in [0.15, 0.2) is 0 Å². The first-order chi connectivity index (χ1) is 8.10. The predicted octanol–water partition coefficient (Wildman–Crippen LogP) is 1.39. The van der Waals surface area contributed by atoms with Crippen molar-refractivity contribution in [1.82, 2.24) is 4.90 Å². The summed E-state index contributed by atoms with van der Waals surface area (Å²) in [5.74, 6) is 0.614. The summed E-state index contributed by atoms with van der Waals surface area (Å²) in [5, 5.41) is 0. The van der Waals surface area contributed by atoms with Crippen LogP contribution in [0.4, 0.5) is 0 Å². The van der Waals surface area contributed by atoms with E-state index in [1.807, 2.05) is 4.90 Å². The van der Waals surface area contributed by atoms with Crippen molar-refractivity contribution in [3.05, 3.63) is 0 Å². The third kappa shape index (κ3) is 3.96. The second-order valence-electron chi connectivity index (χ2n) is 5.07. The maximum atomic E-state index is 12.1. The van der Waals surface area contributed by atoms with Gasteiger partial charge in [-0.2, -0.15) is 0 Å². The summed E-state index contributed by atoms with van der Waals surface area (Å²) in [6.45, 7) is 5.80. The van der Waals surface area contributed by atoms with Gasteiger partial charge in [0.25, 0.3) is 0 Å². The number of amides is 1. The Bertz CT molecular complexity index is 246. The molecule has 2 N–H and O–H groups in total. The SMILES string of the molecule is CCCC[C@H](N)C(=O)N1CCC(C)C(OC)C1. The van der Waals surface area contributed by atoms with Crippen molar-refractivity contribution in [3.63, 3.8) is 0 Å². The first-order valence-corrected chi connectivity index (χ1v) is 6.67. The third-order valence-electron chi connectivity index (χ3n) is 3.69. The fourth-order valence-corrected chi connectivity index (χ4v) is 2.32. The lowest BCUT2D eigenvalue weighted by Crippen LogP contribution is -2.51. The van der Waals surface area contributed by atoms with Gasteiger partial charge in [-0.25, -0.2) is 0 Å². The van der Waals surface area contributed by atoms with Crippen molar-refractivity contribution in [2.45, 2.75) is 51.7 Å². The average Bonchev–Trinajstić information content (AvgIpc) is 2.35. The second-order valence-corrected chi connectivity index (χ2v) is 5.07. The van der Waals surface area contributed by atoms with E-state index in [1.165, 1.54) is 0 Å². The molecule has 1 fully saturated rings. The normalized spacial score (nSPS) is 26.9. The summed E-state index contributed by atoms with van der Waals surface area (Å²) >= 11 is 0. The summed E-state index contributed by atoms with van der Waals surface area (Å²) in [4.78, 5) is 14.0. The molecule has 17 heavy (non-hydrogen) atoms. The highest BCUT2D eigenvalue weighted by Gasteiger charge is 2.30. The largest absolute Gasteiger partial charge is 0.379 e. The van der Waals surface area contributed by atoms with Crippen LogP contribution in [-0.2, 0) is 9.53 Å². The molecule has 0 saturated carbocycles. The maximum absolute atomic E-state index is 12.1. The predicted molar refractivity (Wildman–Crippen MR) is 68.7 cm³/mol. The Morgan fingerprint density at radius 1 is 1.59 bits per heavy atom. The zero-order chi connectivity index (χ0) is 12.8. The van der Waals surface area contributed by atoms with E-state index in [0.29, 0.717) is 12.5 Å². The molecule has 3 atom stereocenters. The molecule has 1 heterocycles. The molecule has 0 bridgehead atoms. The zero-order valence-electron chi connectivity index (χ0n) is 11.3. The van der Waals surface area contributed by atoms with Crippen molar-refractivity contribution >= 4 is 5.91 Å². The number of unbranched alkanes of at least 4 members (excludes halogenated alkanes) is 1. The first kappa shape index (κ1) is 14.5. The van der Waals surface area contributed by atoms with Crippen LogP contribution < -0.4 is 5.73 Å². The van der Waals surface area contributed by atoms with Gasteiger partial charge in [0.05, 0.1) is 12.1 Å². The Labute approximate surface area is 104 Å². The molecular weight excluding hydrogens is 216 g/mol. The number of hydrogen-bond donors (Lipinski definition) is 1. The molecule has 1 amide bonds.